The maximum absolute atomic E-state index is 12.8. The Hall–Kier alpha value is -2.78. The summed E-state index contributed by atoms with van der Waals surface area (Å²) in [5.41, 5.74) is 0.449. The predicted molar refractivity (Wildman–Crippen MR) is 101 cm³/mol. The summed E-state index contributed by atoms with van der Waals surface area (Å²) in [7, 11) is 0.661. The first-order chi connectivity index (χ1) is 12.9. The second-order valence-corrected chi connectivity index (χ2v) is 7.15. The number of benzene rings is 2. The molecule has 0 saturated carbocycles. The van der Waals surface area contributed by atoms with Gasteiger partial charge in [0.1, 0.15) is 17.2 Å². The van der Waals surface area contributed by atoms with E-state index >= 15 is 0 Å². The number of sulfonamides is 1. The highest BCUT2D eigenvalue weighted by Crippen LogP contribution is 2.30. The van der Waals surface area contributed by atoms with Gasteiger partial charge < -0.3 is 19.5 Å². The first kappa shape index (κ1) is 20.5. The minimum absolute atomic E-state index is 0.0343. The van der Waals surface area contributed by atoms with Crippen LogP contribution in [0.4, 0.5) is 5.69 Å². The maximum atomic E-state index is 12.8. The molecule has 2 aromatic carbocycles. The van der Waals surface area contributed by atoms with E-state index in [0.717, 1.165) is 0 Å². The van der Waals surface area contributed by atoms with Gasteiger partial charge in [0.15, 0.2) is 0 Å². The molecule has 9 heteroatoms. The van der Waals surface area contributed by atoms with Gasteiger partial charge in [0.25, 0.3) is 5.91 Å². The molecule has 0 aliphatic carbocycles. The van der Waals surface area contributed by atoms with E-state index in [1.807, 2.05) is 0 Å². The summed E-state index contributed by atoms with van der Waals surface area (Å²) >= 11 is 0. The molecule has 0 heterocycles. The number of ether oxygens (including phenoxy) is 3. The molecule has 0 radical (unpaired) electrons. The van der Waals surface area contributed by atoms with E-state index in [0.29, 0.717) is 17.2 Å². The standard InChI is InChI=1S/C18H22N2O6S/c1-5-19-27(22,23)13-7-9-16(25-3)14(11-13)18(21)20-15-10-12(24-2)6-8-17(15)26-4/h6-11,19H,5H2,1-4H3,(H,20,21). The summed E-state index contributed by atoms with van der Waals surface area (Å²) in [6.45, 7) is 1.90. The second kappa shape index (κ2) is 8.74. The molecule has 0 spiro atoms. The van der Waals surface area contributed by atoms with Gasteiger partial charge in [-0.3, -0.25) is 4.79 Å². The van der Waals surface area contributed by atoms with Crippen LogP contribution in [0.1, 0.15) is 17.3 Å². The van der Waals surface area contributed by atoms with E-state index in [1.165, 1.54) is 39.5 Å². The van der Waals surface area contributed by atoms with Crippen LogP contribution in [0, 0.1) is 0 Å². The van der Waals surface area contributed by atoms with Gasteiger partial charge in [0.05, 0.1) is 37.5 Å². The van der Waals surface area contributed by atoms with E-state index in [1.54, 1.807) is 25.1 Å². The van der Waals surface area contributed by atoms with E-state index in [-0.39, 0.29) is 22.8 Å². The molecule has 0 unspecified atom stereocenters. The van der Waals surface area contributed by atoms with Crippen molar-refractivity contribution < 1.29 is 27.4 Å². The highest BCUT2D eigenvalue weighted by Gasteiger charge is 2.20. The van der Waals surface area contributed by atoms with Crippen molar-refractivity contribution in [1.82, 2.24) is 4.72 Å². The lowest BCUT2D eigenvalue weighted by atomic mass is 10.1. The van der Waals surface area contributed by atoms with Crippen molar-refractivity contribution in [2.24, 2.45) is 0 Å². The van der Waals surface area contributed by atoms with Crippen LogP contribution in [0.25, 0.3) is 0 Å². The van der Waals surface area contributed by atoms with Crippen LogP contribution >= 0.6 is 0 Å². The third-order valence-corrected chi connectivity index (χ3v) is 5.26. The fourth-order valence-corrected chi connectivity index (χ4v) is 3.47. The number of nitrogens with one attached hydrogen (secondary N) is 2. The van der Waals surface area contributed by atoms with Gasteiger partial charge in [-0.15, -0.1) is 0 Å². The molecule has 0 bridgehead atoms. The molecule has 1 amide bonds. The topological polar surface area (TPSA) is 103 Å². The lowest BCUT2D eigenvalue weighted by Crippen LogP contribution is -2.24. The van der Waals surface area contributed by atoms with Crippen molar-refractivity contribution in [3.8, 4) is 17.2 Å². The average Bonchev–Trinajstić information content (AvgIpc) is 2.67. The number of hydrogen-bond donors (Lipinski definition) is 2. The fraction of sp³-hybridized carbons (Fsp3) is 0.278. The van der Waals surface area contributed by atoms with Crippen molar-refractivity contribution in [2.75, 3.05) is 33.2 Å². The number of hydrogen-bond acceptors (Lipinski definition) is 6. The van der Waals surface area contributed by atoms with E-state index < -0.39 is 15.9 Å². The third-order valence-electron chi connectivity index (χ3n) is 3.72. The van der Waals surface area contributed by atoms with Crippen molar-refractivity contribution >= 4 is 21.6 Å². The Balaban J connectivity index is 2.44. The maximum Gasteiger partial charge on any atom is 0.259 e. The number of amides is 1. The molecular weight excluding hydrogens is 372 g/mol. The Bertz CT molecular complexity index is 927. The highest BCUT2D eigenvalue weighted by molar-refractivity contribution is 7.89. The van der Waals surface area contributed by atoms with Gasteiger partial charge in [0, 0.05) is 12.6 Å². The van der Waals surface area contributed by atoms with Gasteiger partial charge >= 0.3 is 0 Å². The number of carbonyl (C=O) groups is 1. The molecule has 0 fully saturated rings. The molecular formula is C18H22N2O6S. The molecule has 0 saturated heterocycles. The predicted octanol–water partition coefficient (Wildman–Crippen LogP) is 2.26. The van der Waals surface area contributed by atoms with Gasteiger partial charge in [-0.05, 0) is 30.3 Å². The van der Waals surface area contributed by atoms with Gasteiger partial charge in [-0.1, -0.05) is 6.92 Å². The van der Waals surface area contributed by atoms with Crippen LogP contribution in [0.5, 0.6) is 17.2 Å². The van der Waals surface area contributed by atoms with Crippen LogP contribution in [0.15, 0.2) is 41.3 Å². The van der Waals surface area contributed by atoms with Gasteiger partial charge in [-0.2, -0.15) is 0 Å². The SMILES string of the molecule is CCNS(=O)(=O)c1ccc(OC)c(C(=O)Nc2cc(OC)ccc2OC)c1. The highest BCUT2D eigenvalue weighted by atomic mass is 32.2. The molecule has 0 atom stereocenters. The zero-order valence-electron chi connectivity index (χ0n) is 15.5. The van der Waals surface area contributed by atoms with Crippen molar-refractivity contribution in [2.45, 2.75) is 11.8 Å². The van der Waals surface area contributed by atoms with Crippen molar-refractivity contribution in [3.63, 3.8) is 0 Å². The normalized spacial score (nSPS) is 11.0. The summed E-state index contributed by atoms with van der Waals surface area (Å²) in [6.07, 6.45) is 0. The lowest BCUT2D eigenvalue weighted by molar-refractivity contribution is 0.102. The van der Waals surface area contributed by atoms with Gasteiger partial charge in [0.2, 0.25) is 10.0 Å². The molecule has 0 aromatic heterocycles. The lowest BCUT2D eigenvalue weighted by Gasteiger charge is -2.14. The summed E-state index contributed by atoms with van der Waals surface area (Å²) in [5, 5.41) is 2.70. The summed E-state index contributed by atoms with van der Waals surface area (Å²) < 4.78 is 42.4. The average molecular weight is 394 g/mol. The second-order valence-electron chi connectivity index (χ2n) is 5.38. The van der Waals surface area contributed by atoms with Crippen LogP contribution < -0.4 is 24.2 Å². The Morgan fingerprint density at radius 2 is 1.63 bits per heavy atom. The zero-order chi connectivity index (χ0) is 20.0. The number of rotatable bonds is 8. The number of methoxy groups -OCH3 is 3. The third kappa shape index (κ3) is 4.69. The van der Waals surface area contributed by atoms with E-state index in [4.69, 9.17) is 14.2 Å². The summed E-state index contributed by atoms with van der Waals surface area (Å²) in [5.74, 6) is 0.651. The fourth-order valence-electron chi connectivity index (χ4n) is 2.41. The van der Waals surface area contributed by atoms with Crippen molar-refractivity contribution in [3.05, 3.63) is 42.0 Å². The monoisotopic (exact) mass is 394 g/mol. The number of anilines is 1. The number of carbonyl (C=O) groups excluding carboxylic acids is 1. The summed E-state index contributed by atoms with van der Waals surface area (Å²) in [4.78, 5) is 12.8. The van der Waals surface area contributed by atoms with E-state index in [9.17, 15) is 13.2 Å². The Labute approximate surface area is 158 Å². The van der Waals surface area contributed by atoms with Crippen molar-refractivity contribution in [1.29, 1.82) is 0 Å². The van der Waals surface area contributed by atoms with Gasteiger partial charge in [-0.25, -0.2) is 13.1 Å². The Morgan fingerprint density at radius 1 is 0.963 bits per heavy atom. The smallest absolute Gasteiger partial charge is 0.259 e. The quantitative estimate of drug-likeness (QED) is 0.712. The molecule has 0 aliphatic heterocycles. The summed E-state index contributed by atoms with van der Waals surface area (Å²) in [6, 6.07) is 9.01. The Kier molecular flexibility index (Phi) is 6.65. The van der Waals surface area contributed by atoms with Crippen LogP contribution in [0.3, 0.4) is 0 Å². The van der Waals surface area contributed by atoms with Crippen LogP contribution in [-0.2, 0) is 10.0 Å². The molecule has 146 valence electrons. The first-order valence-corrected chi connectivity index (χ1v) is 9.55. The van der Waals surface area contributed by atoms with Crippen LogP contribution in [0.2, 0.25) is 0 Å². The molecule has 0 aliphatic rings. The largest absolute Gasteiger partial charge is 0.497 e. The minimum Gasteiger partial charge on any atom is -0.497 e. The molecule has 2 aromatic rings. The zero-order valence-corrected chi connectivity index (χ0v) is 16.3. The molecule has 27 heavy (non-hydrogen) atoms. The first-order valence-electron chi connectivity index (χ1n) is 8.07. The van der Waals surface area contributed by atoms with Crippen LogP contribution in [-0.4, -0.2) is 42.2 Å². The van der Waals surface area contributed by atoms with E-state index in [2.05, 4.69) is 10.0 Å². The minimum atomic E-state index is -3.72. The molecule has 8 nitrogen and oxygen atoms in total. The molecule has 2 N–H and O–H groups in total. The Morgan fingerprint density at radius 3 is 2.22 bits per heavy atom. The molecule has 2 rings (SSSR count).